The van der Waals surface area contributed by atoms with Gasteiger partial charge in [0.1, 0.15) is 11.6 Å². The van der Waals surface area contributed by atoms with Gasteiger partial charge in [-0.05, 0) is 67.8 Å². The summed E-state index contributed by atoms with van der Waals surface area (Å²) in [7, 11) is 1.63. The average molecular weight is 506 g/mol. The maximum absolute atomic E-state index is 14.2. The zero-order valence-corrected chi connectivity index (χ0v) is 22.0. The molecule has 2 rings (SSSR count). The molecule has 0 saturated carbocycles. The summed E-state index contributed by atoms with van der Waals surface area (Å²) in [6, 6.07) is 14.5. The fourth-order valence-electron chi connectivity index (χ4n) is 3.16. The lowest BCUT2D eigenvalue weighted by Gasteiger charge is -2.27. The van der Waals surface area contributed by atoms with E-state index in [1.54, 1.807) is 37.5 Å². The second-order valence-electron chi connectivity index (χ2n) is 8.13. The Morgan fingerprint density at radius 3 is 2.03 bits per heavy atom. The van der Waals surface area contributed by atoms with E-state index in [1.165, 1.54) is 6.92 Å². The number of hydrogen-bond acceptors (Lipinski definition) is 2. The molecule has 34 heavy (non-hydrogen) atoms. The van der Waals surface area contributed by atoms with Crippen LogP contribution in [0.3, 0.4) is 0 Å². The molecule has 0 heterocycles. The first-order valence-corrected chi connectivity index (χ1v) is 11.8. The van der Waals surface area contributed by atoms with Crippen LogP contribution in [0, 0.1) is 11.8 Å². The summed E-state index contributed by atoms with van der Waals surface area (Å²) >= 11 is 11.6. The third-order valence-electron chi connectivity index (χ3n) is 5.13. The van der Waals surface area contributed by atoms with Crippen molar-refractivity contribution >= 4 is 29.1 Å². The zero-order valence-electron chi connectivity index (χ0n) is 20.4. The normalized spacial score (nSPS) is 13.4. The first kappa shape index (κ1) is 29.5. The maximum Gasteiger partial charge on any atom is 0.222 e. The Labute approximate surface area is 213 Å². The highest BCUT2D eigenvalue weighted by atomic mass is 35.5. The Kier molecular flexibility index (Phi) is 13.3. The van der Waals surface area contributed by atoms with E-state index in [1.807, 2.05) is 57.2 Å². The van der Waals surface area contributed by atoms with Crippen molar-refractivity contribution in [1.29, 1.82) is 0 Å². The molecule has 1 amide bonds. The molecule has 0 saturated heterocycles. The van der Waals surface area contributed by atoms with Crippen LogP contribution in [0.5, 0.6) is 5.75 Å². The highest BCUT2D eigenvalue weighted by Crippen LogP contribution is 2.27. The zero-order chi connectivity index (χ0) is 25.7. The maximum atomic E-state index is 14.2. The monoisotopic (exact) mass is 505 g/mol. The number of nitrogens with one attached hydrogen (secondary N) is 1. The van der Waals surface area contributed by atoms with E-state index in [4.69, 9.17) is 27.9 Å². The van der Waals surface area contributed by atoms with Gasteiger partial charge in [0, 0.05) is 27.9 Å². The molecule has 0 spiro atoms. The Morgan fingerprint density at radius 1 is 1.06 bits per heavy atom. The van der Waals surface area contributed by atoms with Gasteiger partial charge in [-0.25, -0.2) is 4.39 Å². The van der Waals surface area contributed by atoms with Crippen LogP contribution in [0.2, 0.25) is 10.0 Å². The number of ether oxygens (including phenoxy) is 1. The molecular formula is C28H34Cl2FNO2. The largest absolute Gasteiger partial charge is 0.497 e. The third kappa shape index (κ3) is 10.6. The van der Waals surface area contributed by atoms with Gasteiger partial charge in [0.2, 0.25) is 5.91 Å². The molecule has 1 N–H and O–H groups in total. The number of halogens is 3. The molecule has 2 atom stereocenters. The number of hydrogen-bond donors (Lipinski definition) is 1. The second-order valence-corrected chi connectivity index (χ2v) is 9.00. The molecule has 0 radical (unpaired) electrons. The quantitative estimate of drug-likeness (QED) is 0.350. The molecule has 3 nitrogen and oxygen atoms in total. The fraction of sp³-hybridized carbons (Fsp3) is 0.321. The van der Waals surface area contributed by atoms with Gasteiger partial charge in [-0.3, -0.25) is 4.79 Å². The first-order valence-electron chi connectivity index (χ1n) is 11.1. The van der Waals surface area contributed by atoms with Crippen molar-refractivity contribution in [3.63, 3.8) is 0 Å². The van der Waals surface area contributed by atoms with E-state index in [0.29, 0.717) is 17.0 Å². The van der Waals surface area contributed by atoms with Gasteiger partial charge in [0.25, 0.3) is 0 Å². The molecule has 6 heteroatoms. The summed E-state index contributed by atoms with van der Waals surface area (Å²) in [4.78, 5) is 12.1. The molecule has 184 valence electrons. The highest BCUT2D eigenvalue weighted by Gasteiger charge is 2.25. The highest BCUT2D eigenvalue weighted by molar-refractivity contribution is 6.30. The standard InChI is InChI=1S/C21H27ClFNO.C7H7ClO/c1-6-7-8-19(15(4)23)20(16(5)24-21(25)14(2)3)13-17-9-11-18(22)12-10-17;1-9-7-4-2-6(8)3-5-7/h6-12,14,16,20H,1,13H2,2-5H3,(H,24,25);2-5H,1H3/b8-7-,19-15-;. The smallest absolute Gasteiger partial charge is 0.222 e. The summed E-state index contributed by atoms with van der Waals surface area (Å²) in [5.41, 5.74) is 1.59. The van der Waals surface area contributed by atoms with E-state index in [2.05, 4.69) is 11.9 Å². The molecule has 0 bridgehead atoms. The number of rotatable bonds is 9. The van der Waals surface area contributed by atoms with Crippen LogP contribution in [0.15, 0.2) is 84.7 Å². The van der Waals surface area contributed by atoms with Gasteiger partial charge in [-0.15, -0.1) is 0 Å². The molecular weight excluding hydrogens is 472 g/mol. The summed E-state index contributed by atoms with van der Waals surface area (Å²) in [6.07, 6.45) is 5.64. The van der Waals surface area contributed by atoms with Gasteiger partial charge >= 0.3 is 0 Å². The van der Waals surface area contributed by atoms with E-state index in [9.17, 15) is 9.18 Å². The van der Waals surface area contributed by atoms with Crippen LogP contribution in [0.25, 0.3) is 0 Å². The van der Waals surface area contributed by atoms with Crippen LogP contribution in [-0.2, 0) is 11.2 Å². The summed E-state index contributed by atoms with van der Waals surface area (Å²) in [5, 5.41) is 4.39. The van der Waals surface area contributed by atoms with Crippen molar-refractivity contribution in [3.8, 4) is 5.75 Å². The molecule has 0 aliphatic heterocycles. The van der Waals surface area contributed by atoms with E-state index < -0.39 is 0 Å². The van der Waals surface area contributed by atoms with Crippen LogP contribution in [-0.4, -0.2) is 19.1 Å². The number of methoxy groups -OCH3 is 1. The predicted molar refractivity (Wildman–Crippen MR) is 142 cm³/mol. The van der Waals surface area contributed by atoms with Crippen LogP contribution < -0.4 is 10.1 Å². The molecule has 0 aromatic heterocycles. The molecule has 2 aromatic carbocycles. The van der Waals surface area contributed by atoms with Crippen molar-refractivity contribution in [2.45, 2.75) is 40.2 Å². The topological polar surface area (TPSA) is 38.3 Å². The van der Waals surface area contributed by atoms with E-state index >= 15 is 0 Å². The number of carbonyl (C=O) groups is 1. The molecule has 0 aliphatic rings. The Bertz CT molecular complexity index is 963. The van der Waals surface area contributed by atoms with Crippen molar-refractivity contribution in [3.05, 3.63) is 100 Å². The molecule has 2 unspecified atom stereocenters. The number of carbonyl (C=O) groups excluding carboxylic acids is 1. The molecule has 0 aliphatic carbocycles. The van der Waals surface area contributed by atoms with Crippen LogP contribution in [0.1, 0.15) is 33.3 Å². The number of allylic oxidation sites excluding steroid dienone is 4. The molecule has 0 fully saturated rings. The van der Waals surface area contributed by atoms with Crippen molar-refractivity contribution in [2.75, 3.05) is 7.11 Å². The fourth-order valence-corrected chi connectivity index (χ4v) is 3.41. The minimum absolute atomic E-state index is 0.0443. The summed E-state index contributed by atoms with van der Waals surface area (Å²) in [5.74, 6) is 0.200. The SMILES string of the molecule is C=C/C=C\C(=C(/C)F)C(Cc1ccc(Cl)cc1)C(C)NC(=O)C(C)C.COc1ccc(Cl)cc1. The Hall–Kier alpha value is -2.56. The summed E-state index contributed by atoms with van der Waals surface area (Å²) < 4.78 is 19.1. The average Bonchev–Trinajstić information content (AvgIpc) is 2.80. The van der Waals surface area contributed by atoms with E-state index in [0.717, 1.165) is 16.3 Å². The lowest BCUT2D eigenvalue weighted by molar-refractivity contribution is -0.124. The van der Waals surface area contributed by atoms with Gasteiger partial charge in [0.15, 0.2) is 0 Å². The second kappa shape index (κ2) is 15.4. The summed E-state index contributed by atoms with van der Waals surface area (Å²) in [6.45, 7) is 10.7. The Morgan fingerprint density at radius 2 is 1.59 bits per heavy atom. The Balaban J connectivity index is 0.000000533. The minimum atomic E-state index is -0.261. The predicted octanol–water partition coefficient (Wildman–Crippen LogP) is 7.99. The van der Waals surface area contributed by atoms with Gasteiger partial charge in [-0.2, -0.15) is 0 Å². The number of amides is 1. The van der Waals surface area contributed by atoms with Crippen LogP contribution >= 0.6 is 23.2 Å². The van der Waals surface area contributed by atoms with Crippen molar-refractivity contribution < 1.29 is 13.9 Å². The lowest BCUT2D eigenvalue weighted by Crippen LogP contribution is -2.41. The third-order valence-corrected chi connectivity index (χ3v) is 5.63. The number of benzene rings is 2. The van der Waals surface area contributed by atoms with Gasteiger partial charge in [0.05, 0.1) is 7.11 Å². The van der Waals surface area contributed by atoms with Crippen LogP contribution in [0.4, 0.5) is 4.39 Å². The van der Waals surface area contributed by atoms with Crippen molar-refractivity contribution in [2.24, 2.45) is 11.8 Å². The van der Waals surface area contributed by atoms with Crippen molar-refractivity contribution in [1.82, 2.24) is 5.32 Å². The lowest BCUT2D eigenvalue weighted by atomic mass is 9.85. The van der Waals surface area contributed by atoms with Gasteiger partial charge in [-0.1, -0.05) is 74.0 Å². The first-order chi connectivity index (χ1) is 16.1. The minimum Gasteiger partial charge on any atom is -0.497 e. The van der Waals surface area contributed by atoms with Gasteiger partial charge < -0.3 is 10.1 Å². The molecule has 2 aromatic rings. The van der Waals surface area contributed by atoms with E-state index in [-0.39, 0.29) is 29.6 Å².